The second-order valence-electron chi connectivity index (χ2n) is 8.11. The van der Waals surface area contributed by atoms with Gasteiger partial charge in [-0.3, -0.25) is 4.68 Å². The summed E-state index contributed by atoms with van der Waals surface area (Å²) in [5.74, 6) is 0. The normalized spacial score (nSPS) is 23.0. The quantitative estimate of drug-likeness (QED) is 0.864. The van der Waals surface area contributed by atoms with Crippen molar-refractivity contribution in [3.63, 3.8) is 0 Å². The average molecular weight is 308 g/mol. The van der Waals surface area contributed by atoms with Crippen LogP contribution >= 0.6 is 0 Å². The Morgan fingerprint density at radius 3 is 2.50 bits per heavy atom. The molecule has 0 aliphatic carbocycles. The SMILES string of the molecule is CC(C)(C)OC(=O)N1CCC(N)(c2ccnn2C(C)(C)C)C1. The lowest BCUT2D eigenvalue weighted by molar-refractivity contribution is 0.0283. The van der Waals surface area contributed by atoms with E-state index in [0.717, 1.165) is 5.69 Å². The van der Waals surface area contributed by atoms with Crippen molar-refractivity contribution in [3.8, 4) is 0 Å². The molecule has 22 heavy (non-hydrogen) atoms. The van der Waals surface area contributed by atoms with E-state index in [2.05, 4.69) is 25.9 Å². The molecule has 6 nitrogen and oxygen atoms in total. The maximum atomic E-state index is 12.2. The van der Waals surface area contributed by atoms with E-state index in [9.17, 15) is 4.79 Å². The highest BCUT2D eigenvalue weighted by molar-refractivity contribution is 5.68. The first-order valence-corrected chi connectivity index (χ1v) is 7.74. The van der Waals surface area contributed by atoms with Gasteiger partial charge in [-0.2, -0.15) is 5.10 Å². The predicted octanol–water partition coefficient (Wildman–Crippen LogP) is 2.43. The van der Waals surface area contributed by atoms with Gasteiger partial charge in [-0.25, -0.2) is 4.79 Å². The molecule has 0 saturated carbocycles. The Hall–Kier alpha value is -1.56. The predicted molar refractivity (Wildman–Crippen MR) is 85.5 cm³/mol. The van der Waals surface area contributed by atoms with Crippen LogP contribution in [0.2, 0.25) is 0 Å². The molecule has 1 unspecified atom stereocenters. The molecule has 1 aliphatic heterocycles. The number of amides is 1. The number of aromatic nitrogens is 2. The number of rotatable bonds is 1. The highest BCUT2D eigenvalue weighted by Gasteiger charge is 2.42. The van der Waals surface area contributed by atoms with Crippen LogP contribution in [0.15, 0.2) is 12.3 Å². The summed E-state index contributed by atoms with van der Waals surface area (Å²) in [5.41, 5.74) is 6.34. The third-order valence-corrected chi connectivity index (χ3v) is 3.74. The van der Waals surface area contributed by atoms with Crippen molar-refractivity contribution in [2.24, 2.45) is 5.73 Å². The van der Waals surface area contributed by atoms with Gasteiger partial charge in [0.1, 0.15) is 5.60 Å². The fourth-order valence-corrected chi connectivity index (χ4v) is 2.74. The van der Waals surface area contributed by atoms with Crippen LogP contribution in [0.25, 0.3) is 0 Å². The van der Waals surface area contributed by atoms with Gasteiger partial charge in [0.15, 0.2) is 0 Å². The van der Waals surface area contributed by atoms with Crippen molar-refractivity contribution >= 4 is 6.09 Å². The number of ether oxygens (including phenoxy) is 1. The first-order chi connectivity index (χ1) is 9.92. The minimum absolute atomic E-state index is 0.148. The van der Waals surface area contributed by atoms with Gasteiger partial charge in [0, 0.05) is 19.3 Å². The molecule has 6 heteroatoms. The van der Waals surface area contributed by atoms with E-state index in [1.54, 1.807) is 11.1 Å². The zero-order chi connectivity index (χ0) is 16.8. The van der Waals surface area contributed by atoms with E-state index in [1.807, 2.05) is 31.5 Å². The smallest absolute Gasteiger partial charge is 0.410 e. The molecule has 1 atom stereocenters. The fraction of sp³-hybridized carbons (Fsp3) is 0.750. The van der Waals surface area contributed by atoms with Gasteiger partial charge >= 0.3 is 6.09 Å². The lowest BCUT2D eigenvalue weighted by atomic mass is 9.94. The molecule has 1 aromatic rings. The molecular formula is C16H28N4O2. The molecule has 2 heterocycles. The van der Waals surface area contributed by atoms with Crippen LogP contribution in [0.4, 0.5) is 4.79 Å². The molecule has 0 radical (unpaired) electrons. The average Bonchev–Trinajstić information content (AvgIpc) is 2.92. The molecule has 0 spiro atoms. The molecule has 0 bridgehead atoms. The molecule has 2 N–H and O–H groups in total. The molecule has 1 fully saturated rings. The first-order valence-electron chi connectivity index (χ1n) is 7.74. The molecule has 1 aliphatic rings. The van der Waals surface area contributed by atoms with Crippen LogP contribution < -0.4 is 5.73 Å². The lowest BCUT2D eigenvalue weighted by Gasteiger charge is -2.31. The molecule has 1 saturated heterocycles. The number of carbonyl (C=O) groups is 1. The van der Waals surface area contributed by atoms with Crippen LogP contribution in [0.1, 0.15) is 53.7 Å². The Balaban J connectivity index is 2.18. The van der Waals surface area contributed by atoms with Crippen LogP contribution in [0, 0.1) is 0 Å². The van der Waals surface area contributed by atoms with Crippen molar-refractivity contribution in [2.75, 3.05) is 13.1 Å². The van der Waals surface area contributed by atoms with Gasteiger partial charge in [0.2, 0.25) is 0 Å². The zero-order valence-corrected chi connectivity index (χ0v) is 14.5. The van der Waals surface area contributed by atoms with Crippen molar-refractivity contribution < 1.29 is 9.53 Å². The summed E-state index contributed by atoms with van der Waals surface area (Å²) in [6.07, 6.45) is 2.17. The van der Waals surface area contributed by atoms with Gasteiger partial charge in [0.25, 0.3) is 0 Å². The van der Waals surface area contributed by atoms with E-state index in [1.165, 1.54) is 0 Å². The summed E-state index contributed by atoms with van der Waals surface area (Å²) >= 11 is 0. The minimum Gasteiger partial charge on any atom is -0.444 e. The minimum atomic E-state index is -0.583. The molecule has 0 aromatic carbocycles. The Morgan fingerprint density at radius 2 is 1.95 bits per heavy atom. The fourth-order valence-electron chi connectivity index (χ4n) is 2.74. The van der Waals surface area contributed by atoms with Crippen LogP contribution in [0.5, 0.6) is 0 Å². The highest BCUT2D eigenvalue weighted by Crippen LogP contribution is 2.32. The maximum Gasteiger partial charge on any atom is 0.410 e. The van der Waals surface area contributed by atoms with E-state index in [-0.39, 0.29) is 11.6 Å². The summed E-state index contributed by atoms with van der Waals surface area (Å²) in [4.78, 5) is 13.9. The third kappa shape index (κ3) is 3.43. The van der Waals surface area contributed by atoms with Crippen molar-refractivity contribution in [1.82, 2.24) is 14.7 Å². The number of hydrogen-bond acceptors (Lipinski definition) is 4. The highest BCUT2D eigenvalue weighted by atomic mass is 16.6. The summed E-state index contributed by atoms with van der Waals surface area (Å²) in [6, 6.07) is 1.95. The van der Waals surface area contributed by atoms with Crippen LogP contribution in [-0.4, -0.2) is 39.5 Å². The number of nitrogens with zero attached hydrogens (tertiary/aromatic N) is 3. The number of hydrogen-bond donors (Lipinski definition) is 1. The third-order valence-electron chi connectivity index (χ3n) is 3.74. The van der Waals surface area contributed by atoms with E-state index in [0.29, 0.717) is 19.5 Å². The number of nitrogens with two attached hydrogens (primary N) is 1. The zero-order valence-electron chi connectivity index (χ0n) is 14.5. The van der Waals surface area contributed by atoms with Crippen LogP contribution in [0.3, 0.4) is 0 Å². The van der Waals surface area contributed by atoms with Gasteiger partial charge in [-0.15, -0.1) is 0 Å². The number of likely N-dealkylation sites (tertiary alicyclic amines) is 1. The Morgan fingerprint density at radius 1 is 1.32 bits per heavy atom. The Labute approximate surface area is 132 Å². The van der Waals surface area contributed by atoms with Crippen molar-refractivity contribution in [2.45, 2.75) is 64.6 Å². The van der Waals surface area contributed by atoms with Gasteiger partial charge in [0.05, 0.1) is 16.8 Å². The number of carbonyl (C=O) groups excluding carboxylic acids is 1. The second kappa shape index (κ2) is 5.26. The van der Waals surface area contributed by atoms with E-state index in [4.69, 9.17) is 10.5 Å². The van der Waals surface area contributed by atoms with E-state index < -0.39 is 11.1 Å². The molecule has 1 amide bonds. The first kappa shape index (κ1) is 16.8. The van der Waals surface area contributed by atoms with E-state index >= 15 is 0 Å². The summed E-state index contributed by atoms with van der Waals surface area (Å²) in [5, 5.41) is 4.41. The van der Waals surface area contributed by atoms with Gasteiger partial charge in [-0.1, -0.05) is 0 Å². The van der Waals surface area contributed by atoms with Crippen molar-refractivity contribution in [1.29, 1.82) is 0 Å². The molecule has 124 valence electrons. The lowest BCUT2D eigenvalue weighted by Crippen LogP contribution is -2.45. The summed E-state index contributed by atoms with van der Waals surface area (Å²) < 4.78 is 7.39. The Bertz CT molecular complexity index is 553. The summed E-state index contributed by atoms with van der Waals surface area (Å²) in [6.45, 7) is 12.9. The van der Waals surface area contributed by atoms with Gasteiger partial charge < -0.3 is 15.4 Å². The van der Waals surface area contributed by atoms with Gasteiger partial charge in [-0.05, 0) is 54.0 Å². The topological polar surface area (TPSA) is 73.4 Å². The molecule has 1 aromatic heterocycles. The molecule has 2 rings (SSSR count). The maximum absolute atomic E-state index is 12.2. The largest absolute Gasteiger partial charge is 0.444 e. The van der Waals surface area contributed by atoms with Crippen molar-refractivity contribution in [3.05, 3.63) is 18.0 Å². The second-order valence-corrected chi connectivity index (χ2v) is 8.11. The van der Waals surface area contributed by atoms with Crippen LogP contribution in [-0.2, 0) is 15.8 Å². The summed E-state index contributed by atoms with van der Waals surface area (Å²) in [7, 11) is 0. The Kier molecular flexibility index (Phi) is 4.02. The monoisotopic (exact) mass is 308 g/mol. The standard InChI is InChI=1S/C16H28N4O2/c1-14(2,3)20-12(7-9-18-20)16(17)8-10-19(11-16)13(21)22-15(4,5)6/h7,9H,8,10-11,17H2,1-6H3. The molecular weight excluding hydrogens is 280 g/mol.